The van der Waals surface area contributed by atoms with E-state index in [9.17, 15) is 4.79 Å². The van der Waals surface area contributed by atoms with Gasteiger partial charge in [-0.1, -0.05) is 23.7 Å². The minimum atomic E-state index is 0.230. The van der Waals surface area contributed by atoms with E-state index in [0.29, 0.717) is 23.8 Å². The lowest BCUT2D eigenvalue weighted by molar-refractivity contribution is -0.132. The first-order chi connectivity index (χ1) is 9.24. The number of halogens is 1. The van der Waals surface area contributed by atoms with Gasteiger partial charge in [-0.3, -0.25) is 9.69 Å². The van der Waals surface area contributed by atoms with E-state index in [0.717, 1.165) is 24.4 Å². The van der Waals surface area contributed by atoms with Crippen molar-refractivity contribution in [1.29, 1.82) is 0 Å². The molecule has 19 heavy (non-hydrogen) atoms. The highest BCUT2D eigenvalue weighted by Gasteiger charge is 2.52. The second-order valence-electron chi connectivity index (χ2n) is 6.17. The number of carbonyl (C=O) groups is 1. The molecule has 0 saturated carbocycles. The first-order valence-electron chi connectivity index (χ1n) is 7.28. The summed E-state index contributed by atoms with van der Waals surface area (Å²) in [5.74, 6) is 1.13. The summed E-state index contributed by atoms with van der Waals surface area (Å²) in [6.45, 7) is 0.998. The summed E-state index contributed by atoms with van der Waals surface area (Å²) in [5, 5.41) is 0.777. The van der Waals surface area contributed by atoms with Crippen LogP contribution in [0, 0.1) is 5.92 Å². The van der Waals surface area contributed by atoms with Crippen molar-refractivity contribution in [1.82, 2.24) is 4.90 Å². The number of hydrogen-bond acceptors (Lipinski definition) is 2. The number of nitrogens with zero attached hydrogens (tertiary/aromatic N) is 1. The molecule has 0 N–H and O–H groups in total. The summed E-state index contributed by atoms with van der Waals surface area (Å²) in [7, 11) is 0. The molecule has 3 aliphatic heterocycles. The SMILES string of the molecule is O=C1CCN2C3CCC2[C@@H]1[C@@H](c1ccc(Cl)cc1)C3. The number of benzene rings is 1. The van der Waals surface area contributed by atoms with Gasteiger partial charge in [-0.2, -0.15) is 0 Å². The van der Waals surface area contributed by atoms with E-state index < -0.39 is 0 Å². The van der Waals surface area contributed by atoms with Gasteiger partial charge in [0.25, 0.3) is 0 Å². The largest absolute Gasteiger partial charge is 0.299 e. The van der Waals surface area contributed by atoms with E-state index in [1.807, 2.05) is 12.1 Å². The lowest BCUT2D eigenvalue weighted by atomic mass is 9.71. The molecule has 5 atom stereocenters. The van der Waals surface area contributed by atoms with Gasteiger partial charge in [-0.05, 0) is 42.9 Å². The predicted molar refractivity (Wildman–Crippen MR) is 75.4 cm³/mol. The third kappa shape index (κ3) is 1.77. The van der Waals surface area contributed by atoms with Crippen molar-refractivity contribution in [3.63, 3.8) is 0 Å². The molecule has 1 aromatic rings. The Kier molecular flexibility index (Phi) is 2.71. The van der Waals surface area contributed by atoms with Crippen LogP contribution in [0.1, 0.15) is 37.2 Å². The van der Waals surface area contributed by atoms with Crippen LogP contribution in [0.3, 0.4) is 0 Å². The smallest absolute Gasteiger partial charge is 0.139 e. The van der Waals surface area contributed by atoms with E-state index in [-0.39, 0.29) is 5.92 Å². The fraction of sp³-hybridized carbons (Fsp3) is 0.562. The number of rotatable bonds is 1. The first kappa shape index (κ1) is 11.9. The fourth-order valence-electron chi connectivity index (χ4n) is 4.56. The second kappa shape index (κ2) is 4.32. The maximum absolute atomic E-state index is 12.4. The molecule has 0 aromatic heterocycles. The van der Waals surface area contributed by atoms with E-state index in [2.05, 4.69) is 17.0 Å². The van der Waals surface area contributed by atoms with Crippen LogP contribution in [0.15, 0.2) is 24.3 Å². The number of piperidine rings is 2. The molecule has 4 rings (SSSR count). The summed E-state index contributed by atoms with van der Waals surface area (Å²) < 4.78 is 0. The maximum atomic E-state index is 12.4. The Bertz CT molecular complexity index is 512. The lowest BCUT2D eigenvalue weighted by Gasteiger charge is -2.47. The van der Waals surface area contributed by atoms with E-state index in [1.54, 1.807) is 0 Å². The minimum Gasteiger partial charge on any atom is -0.299 e. The number of Topliss-reactive ketones (excluding diaryl/α,β-unsaturated/α-hetero) is 1. The molecule has 4 bridgehead atoms. The van der Waals surface area contributed by atoms with Crippen molar-refractivity contribution in [3.05, 3.63) is 34.9 Å². The van der Waals surface area contributed by atoms with Crippen LogP contribution in [-0.4, -0.2) is 29.3 Å². The Morgan fingerprint density at radius 2 is 1.95 bits per heavy atom. The van der Waals surface area contributed by atoms with Gasteiger partial charge >= 0.3 is 0 Å². The molecule has 3 heteroatoms. The van der Waals surface area contributed by atoms with Crippen LogP contribution in [0.5, 0.6) is 0 Å². The fourth-order valence-corrected chi connectivity index (χ4v) is 4.69. The minimum absolute atomic E-state index is 0.230. The number of carbonyl (C=O) groups excluding carboxylic acids is 1. The molecule has 2 nitrogen and oxygen atoms in total. The molecule has 3 fully saturated rings. The van der Waals surface area contributed by atoms with Crippen LogP contribution >= 0.6 is 11.6 Å². The molecule has 3 heterocycles. The average molecular weight is 276 g/mol. The summed E-state index contributed by atoms with van der Waals surface area (Å²) in [4.78, 5) is 15.0. The lowest BCUT2D eigenvalue weighted by Crippen LogP contribution is -2.55. The normalized spacial score (nSPS) is 40.5. The van der Waals surface area contributed by atoms with Crippen LogP contribution in [-0.2, 0) is 4.79 Å². The monoisotopic (exact) mass is 275 g/mol. The molecule has 0 amide bonds. The van der Waals surface area contributed by atoms with Gasteiger partial charge in [-0.25, -0.2) is 0 Å². The Labute approximate surface area is 118 Å². The number of ketones is 1. The molecule has 0 spiro atoms. The third-order valence-corrected chi connectivity index (χ3v) is 5.60. The molecule has 3 saturated heterocycles. The molecule has 3 unspecified atom stereocenters. The van der Waals surface area contributed by atoms with Crippen molar-refractivity contribution in [2.75, 3.05) is 6.54 Å². The Balaban J connectivity index is 1.72. The third-order valence-electron chi connectivity index (χ3n) is 5.35. The summed E-state index contributed by atoms with van der Waals surface area (Å²) in [5.41, 5.74) is 1.31. The van der Waals surface area contributed by atoms with Crippen molar-refractivity contribution in [2.45, 2.75) is 43.7 Å². The zero-order chi connectivity index (χ0) is 13.0. The van der Waals surface area contributed by atoms with Crippen LogP contribution < -0.4 is 0 Å². The molecule has 0 radical (unpaired) electrons. The van der Waals surface area contributed by atoms with E-state index in [1.165, 1.54) is 18.4 Å². The van der Waals surface area contributed by atoms with Crippen molar-refractivity contribution in [3.8, 4) is 0 Å². The van der Waals surface area contributed by atoms with Gasteiger partial charge in [0.15, 0.2) is 0 Å². The first-order valence-corrected chi connectivity index (χ1v) is 7.66. The highest BCUT2D eigenvalue weighted by atomic mass is 35.5. The van der Waals surface area contributed by atoms with Gasteiger partial charge in [0.1, 0.15) is 5.78 Å². The topological polar surface area (TPSA) is 20.3 Å². The summed E-state index contributed by atoms with van der Waals surface area (Å²) in [6.07, 6.45) is 4.39. The van der Waals surface area contributed by atoms with Crippen LogP contribution in [0.2, 0.25) is 5.02 Å². The van der Waals surface area contributed by atoms with Gasteiger partial charge in [0, 0.05) is 36.0 Å². The zero-order valence-electron chi connectivity index (χ0n) is 10.9. The molecular weight excluding hydrogens is 258 g/mol. The standard InChI is InChI=1S/C16H18ClNO/c17-11-3-1-10(2-4-11)13-9-12-5-6-14-16(13)15(19)7-8-18(12)14/h1-4,12-14,16H,5-9H2/t12?,13-,14?,16+/m1/s1. The van der Waals surface area contributed by atoms with Crippen molar-refractivity contribution >= 4 is 17.4 Å². The van der Waals surface area contributed by atoms with E-state index in [4.69, 9.17) is 11.6 Å². The highest BCUT2D eigenvalue weighted by molar-refractivity contribution is 6.30. The van der Waals surface area contributed by atoms with E-state index >= 15 is 0 Å². The predicted octanol–water partition coefficient (Wildman–Crippen LogP) is 3.25. The molecule has 3 aliphatic rings. The highest BCUT2D eigenvalue weighted by Crippen LogP contribution is 2.49. The molecule has 100 valence electrons. The molecular formula is C16H18ClNO. The number of hydrogen-bond donors (Lipinski definition) is 0. The Morgan fingerprint density at radius 3 is 2.74 bits per heavy atom. The van der Waals surface area contributed by atoms with Gasteiger partial charge in [0.05, 0.1) is 0 Å². The quantitative estimate of drug-likeness (QED) is 0.784. The van der Waals surface area contributed by atoms with Gasteiger partial charge in [0.2, 0.25) is 0 Å². The summed E-state index contributed by atoms with van der Waals surface area (Å²) in [6, 6.07) is 9.36. The summed E-state index contributed by atoms with van der Waals surface area (Å²) >= 11 is 5.98. The van der Waals surface area contributed by atoms with Gasteiger partial charge < -0.3 is 0 Å². The van der Waals surface area contributed by atoms with Crippen molar-refractivity contribution in [2.24, 2.45) is 5.92 Å². The van der Waals surface area contributed by atoms with Gasteiger partial charge in [-0.15, -0.1) is 0 Å². The average Bonchev–Trinajstić information content (AvgIpc) is 2.69. The second-order valence-corrected chi connectivity index (χ2v) is 6.61. The van der Waals surface area contributed by atoms with Crippen LogP contribution in [0.4, 0.5) is 0 Å². The zero-order valence-corrected chi connectivity index (χ0v) is 11.6. The Morgan fingerprint density at radius 1 is 1.16 bits per heavy atom. The Hall–Kier alpha value is -0.860. The molecule has 0 aliphatic carbocycles. The maximum Gasteiger partial charge on any atom is 0.139 e. The van der Waals surface area contributed by atoms with Crippen molar-refractivity contribution < 1.29 is 4.79 Å². The molecule has 1 aromatic carbocycles. The van der Waals surface area contributed by atoms with Crippen LogP contribution in [0.25, 0.3) is 0 Å².